The Morgan fingerprint density at radius 2 is 2.13 bits per heavy atom. The maximum atomic E-state index is 5.96. The Bertz CT molecular complexity index is 650. The smallest absolute Gasteiger partial charge is 0.216 e. The Hall–Kier alpha value is -1.81. The van der Waals surface area contributed by atoms with Gasteiger partial charge < -0.3 is 9.47 Å². The van der Waals surface area contributed by atoms with Crippen LogP contribution in [0.25, 0.3) is 0 Å². The summed E-state index contributed by atoms with van der Waals surface area (Å²) >= 11 is 5.96. The summed E-state index contributed by atoms with van der Waals surface area (Å²) in [6.45, 7) is 0.657. The fraction of sp³-hybridized carbons (Fsp3) is 0.444. The zero-order chi connectivity index (χ0) is 16.1. The monoisotopic (exact) mass is 332 g/mol. The van der Waals surface area contributed by atoms with Crippen molar-refractivity contribution in [1.29, 1.82) is 0 Å². The molecule has 1 aliphatic rings. The molecule has 0 aromatic carbocycles. The molecule has 2 aromatic heterocycles. The van der Waals surface area contributed by atoms with Crippen molar-refractivity contribution in [3.05, 3.63) is 47.4 Å². The molecule has 0 spiro atoms. The molecule has 0 radical (unpaired) electrons. The highest BCUT2D eigenvalue weighted by Gasteiger charge is 2.29. The fourth-order valence-corrected chi connectivity index (χ4v) is 3.51. The average molecular weight is 333 g/mol. The van der Waals surface area contributed by atoms with Gasteiger partial charge in [0, 0.05) is 29.9 Å². The van der Waals surface area contributed by atoms with Crippen LogP contribution in [0.5, 0.6) is 11.6 Å². The van der Waals surface area contributed by atoms with Crippen LogP contribution in [-0.4, -0.2) is 23.7 Å². The first-order chi connectivity index (χ1) is 11.3. The van der Waals surface area contributed by atoms with Crippen LogP contribution >= 0.6 is 11.6 Å². The van der Waals surface area contributed by atoms with Crippen LogP contribution in [0.15, 0.2) is 36.8 Å². The number of rotatable bonds is 5. The van der Waals surface area contributed by atoms with Crippen molar-refractivity contribution in [2.24, 2.45) is 5.92 Å². The molecule has 2 heterocycles. The summed E-state index contributed by atoms with van der Waals surface area (Å²) in [5, 5.41) is 0.594. The van der Waals surface area contributed by atoms with Gasteiger partial charge >= 0.3 is 0 Å². The molecule has 1 aliphatic carbocycles. The lowest BCUT2D eigenvalue weighted by atomic mass is 9.76. The third kappa shape index (κ3) is 3.94. The quantitative estimate of drug-likeness (QED) is 0.809. The minimum Gasteiger partial charge on any atom is -0.492 e. The molecule has 2 aromatic rings. The van der Waals surface area contributed by atoms with Gasteiger partial charge in [-0.2, -0.15) is 0 Å². The van der Waals surface area contributed by atoms with E-state index in [4.69, 9.17) is 21.1 Å². The normalized spacial score (nSPS) is 21.0. The third-order valence-electron chi connectivity index (χ3n) is 4.45. The number of aromatic nitrogens is 2. The van der Waals surface area contributed by atoms with Crippen molar-refractivity contribution in [3.8, 4) is 11.6 Å². The zero-order valence-corrected chi connectivity index (χ0v) is 14.0. The van der Waals surface area contributed by atoms with E-state index in [1.54, 1.807) is 31.8 Å². The topological polar surface area (TPSA) is 44.2 Å². The number of hydrogen-bond donors (Lipinski definition) is 0. The highest BCUT2D eigenvalue weighted by atomic mass is 35.5. The van der Waals surface area contributed by atoms with Gasteiger partial charge in [0.05, 0.1) is 24.9 Å². The van der Waals surface area contributed by atoms with E-state index >= 15 is 0 Å². The average Bonchev–Trinajstić information content (AvgIpc) is 2.60. The molecule has 0 aliphatic heterocycles. The molecular formula is C18H21ClN2O2. The second-order valence-electron chi connectivity index (χ2n) is 5.90. The van der Waals surface area contributed by atoms with Gasteiger partial charge in [0.25, 0.3) is 0 Å². The van der Waals surface area contributed by atoms with Gasteiger partial charge in [-0.3, -0.25) is 4.98 Å². The van der Waals surface area contributed by atoms with E-state index in [-0.39, 0.29) is 0 Å². The maximum absolute atomic E-state index is 5.96. The highest BCUT2D eigenvalue weighted by molar-refractivity contribution is 6.30. The van der Waals surface area contributed by atoms with Gasteiger partial charge in [-0.25, -0.2) is 4.98 Å². The van der Waals surface area contributed by atoms with Crippen LogP contribution in [0.1, 0.15) is 37.2 Å². The molecule has 1 fully saturated rings. The van der Waals surface area contributed by atoms with Gasteiger partial charge in [0.1, 0.15) is 5.75 Å². The molecule has 2 unspecified atom stereocenters. The predicted octanol–water partition coefficient (Wildman–Crippen LogP) is 4.49. The standard InChI is InChI=1S/C18H21ClN2O2/c1-22-18-17(7-4-8-21-18)16-6-3-2-5-13(16)12-23-15-9-14(19)10-20-11-15/h4,7-11,13,16H,2-3,5-6,12H2,1H3. The molecule has 3 rings (SSSR count). The van der Waals surface area contributed by atoms with Crippen LogP contribution in [0.2, 0.25) is 5.02 Å². The number of pyridine rings is 2. The van der Waals surface area contributed by atoms with E-state index in [1.165, 1.54) is 18.4 Å². The van der Waals surface area contributed by atoms with E-state index in [0.29, 0.717) is 23.5 Å². The van der Waals surface area contributed by atoms with E-state index in [0.717, 1.165) is 24.5 Å². The number of halogens is 1. The first kappa shape index (κ1) is 16.1. The molecule has 0 amide bonds. The molecule has 122 valence electrons. The minimum absolute atomic E-state index is 0.416. The summed E-state index contributed by atoms with van der Waals surface area (Å²) in [7, 11) is 1.68. The molecule has 2 atom stereocenters. The Labute approximate surface area is 141 Å². The van der Waals surface area contributed by atoms with Crippen LogP contribution in [0.3, 0.4) is 0 Å². The van der Waals surface area contributed by atoms with Crippen molar-refractivity contribution in [2.75, 3.05) is 13.7 Å². The Kier molecular flexibility index (Phi) is 5.34. The Morgan fingerprint density at radius 1 is 1.26 bits per heavy atom. The van der Waals surface area contributed by atoms with Gasteiger partial charge in [-0.05, 0) is 24.8 Å². The van der Waals surface area contributed by atoms with E-state index in [2.05, 4.69) is 16.0 Å². The summed E-state index contributed by atoms with van der Waals surface area (Å²) in [6.07, 6.45) is 9.85. The van der Waals surface area contributed by atoms with Crippen molar-refractivity contribution in [2.45, 2.75) is 31.6 Å². The van der Waals surface area contributed by atoms with Crippen molar-refractivity contribution in [3.63, 3.8) is 0 Å². The zero-order valence-electron chi connectivity index (χ0n) is 13.2. The Morgan fingerprint density at radius 3 is 2.96 bits per heavy atom. The van der Waals surface area contributed by atoms with Crippen LogP contribution < -0.4 is 9.47 Å². The molecule has 0 N–H and O–H groups in total. The van der Waals surface area contributed by atoms with Crippen molar-refractivity contribution in [1.82, 2.24) is 9.97 Å². The van der Waals surface area contributed by atoms with Crippen molar-refractivity contribution < 1.29 is 9.47 Å². The summed E-state index contributed by atoms with van der Waals surface area (Å²) in [6, 6.07) is 5.90. The fourth-order valence-electron chi connectivity index (χ4n) is 3.35. The number of ether oxygens (including phenoxy) is 2. The van der Waals surface area contributed by atoms with Crippen molar-refractivity contribution >= 4 is 11.6 Å². The lowest BCUT2D eigenvalue weighted by Crippen LogP contribution is -2.24. The molecule has 23 heavy (non-hydrogen) atoms. The predicted molar refractivity (Wildman–Crippen MR) is 90.2 cm³/mol. The molecular weight excluding hydrogens is 312 g/mol. The van der Waals surface area contributed by atoms with Gasteiger partial charge in [-0.1, -0.05) is 30.5 Å². The van der Waals surface area contributed by atoms with Crippen LogP contribution in [-0.2, 0) is 0 Å². The van der Waals surface area contributed by atoms with E-state index in [9.17, 15) is 0 Å². The number of methoxy groups -OCH3 is 1. The lowest BCUT2D eigenvalue weighted by Gasteiger charge is -2.32. The summed E-state index contributed by atoms with van der Waals surface area (Å²) < 4.78 is 11.4. The SMILES string of the molecule is COc1ncccc1C1CCCCC1COc1cncc(Cl)c1. The number of nitrogens with zero attached hydrogens (tertiary/aromatic N) is 2. The van der Waals surface area contributed by atoms with Gasteiger partial charge in [0.15, 0.2) is 0 Å². The molecule has 4 nitrogen and oxygen atoms in total. The maximum Gasteiger partial charge on any atom is 0.216 e. The summed E-state index contributed by atoms with van der Waals surface area (Å²) in [5.74, 6) is 2.31. The van der Waals surface area contributed by atoms with Gasteiger partial charge in [0.2, 0.25) is 5.88 Å². The molecule has 1 saturated carbocycles. The lowest BCUT2D eigenvalue weighted by molar-refractivity contribution is 0.183. The summed E-state index contributed by atoms with van der Waals surface area (Å²) in [5.41, 5.74) is 1.19. The summed E-state index contributed by atoms with van der Waals surface area (Å²) in [4.78, 5) is 8.41. The molecule has 5 heteroatoms. The Balaban J connectivity index is 1.74. The van der Waals surface area contributed by atoms with Gasteiger partial charge in [-0.15, -0.1) is 0 Å². The van der Waals surface area contributed by atoms with E-state index in [1.807, 2.05) is 6.07 Å². The second kappa shape index (κ2) is 7.64. The first-order valence-electron chi connectivity index (χ1n) is 8.00. The molecule has 0 bridgehead atoms. The van der Waals surface area contributed by atoms with Crippen LogP contribution in [0, 0.1) is 5.92 Å². The third-order valence-corrected chi connectivity index (χ3v) is 4.65. The minimum atomic E-state index is 0.416. The van der Waals surface area contributed by atoms with E-state index < -0.39 is 0 Å². The molecule has 0 saturated heterocycles. The van der Waals surface area contributed by atoms with Crippen LogP contribution in [0.4, 0.5) is 0 Å². The second-order valence-corrected chi connectivity index (χ2v) is 6.34. The first-order valence-corrected chi connectivity index (χ1v) is 8.38. The largest absolute Gasteiger partial charge is 0.492 e. The highest BCUT2D eigenvalue weighted by Crippen LogP contribution is 2.40. The number of hydrogen-bond acceptors (Lipinski definition) is 4.